The molecule has 1 aliphatic rings. The van der Waals surface area contributed by atoms with E-state index in [4.69, 9.17) is 5.11 Å². The highest BCUT2D eigenvalue weighted by Crippen LogP contribution is 2.31. The Morgan fingerprint density at radius 2 is 2.40 bits per heavy atom. The molecule has 0 spiro atoms. The number of nitrogens with zero attached hydrogens (tertiary/aromatic N) is 4. The molecule has 0 amide bonds. The summed E-state index contributed by atoms with van der Waals surface area (Å²) in [6.45, 7) is 3.31. The molecule has 20 heavy (non-hydrogen) atoms. The number of aryl methyl sites for hydroxylation is 1. The summed E-state index contributed by atoms with van der Waals surface area (Å²) in [5.74, 6) is 0.587. The van der Waals surface area contributed by atoms with E-state index in [1.807, 2.05) is 6.92 Å². The van der Waals surface area contributed by atoms with E-state index < -0.39 is 5.97 Å². The van der Waals surface area contributed by atoms with Gasteiger partial charge in [-0.05, 0) is 26.3 Å². The molecule has 0 bridgehead atoms. The molecule has 2 aromatic rings. The minimum Gasteiger partial charge on any atom is -0.477 e. The second-order valence-corrected chi connectivity index (χ2v) is 4.98. The van der Waals surface area contributed by atoms with Gasteiger partial charge in [-0.25, -0.2) is 9.78 Å². The Morgan fingerprint density at radius 1 is 1.55 bits per heavy atom. The van der Waals surface area contributed by atoms with Crippen molar-refractivity contribution in [3.63, 3.8) is 0 Å². The van der Waals surface area contributed by atoms with E-state index in [0.29, 0.717) is 12.1 Å². The van der Waals surface area contributed by atoms with Gasteiger partial charge in [0.1, 0.15) is 11.5 Å². The molecule has 0 aliphatic carbocycles. The van der Waals surface area contributed by atoms with Gasteiger partial charge in [-0.3, -0.25) is 15.1 Å². The maximum Gasteiger partial charge on any atom is 0.354 e. The summed E-state index contributed by atoms with van der Waals surface area (Å²) in [6.07, 6.45) is 3.61. The molecule has 1 aliphatic heterocycles. The fourth-order valence-electron chi connectivity index (χ4n) is 2.65. The summed E-state index contributed by atoms with van der Waals surface area (Å²) >= 11 is 0. The molecule has 2 aromatic heterocycles. The van der Waals surface area contributed by atoms with Crippen LogP contribution in [0.4, 0.5) is 0 Å². The lowest BCUT2D eigenvalue weighted by Gasteiger charge is -2.21. The smallest absolute Gasteiger partial charge is 0.354 e. The molecule has 1 atom stereocenters. The van der Waals surface area contributed by atoms with Crippen LogP contribution in [0.1, 0.15) is 46.6 Å². The van der Waals surface area contributed by atoms with Crippen LogP contribution in [0.5, 0.6) is 0 Å². The fraction of sp³-hybridized carbons (Fsp3) is 0.500. The number of aromatic carboxylic acids is 1. The van der Waals surface area contributed by atoms with Crippen molar-refractivity contribution >= 4 is 5.97 Å². The summed E-state index contributed by atoms with van der Waals surface area (Å²) in [5.41, 5.74) is 0.846. The maximum atomic E-state index is 11.1. The van der Waals surface area contributed by atoms with Gasteiger partial charge in [0.05, 0.1) is 12.2 Å². The first-order chi connectivity index (χ1) is 9.65. The lowest BCUT2D eigenvalue weighted by Crippen LogP contribution is -2.24. The molecule has 0 saturated carbocycles. The molecule has 8 nitrogen and oxygen atoms in total. The summed E-state index contributed by atoms with van der Waals surface area (Å²) in [5, 5.41) is 22.5. The molecule has 1 saturated heterocycles. The monoisotopic (exact) mass is 276 g/mol. The quantitative estimate of drug-likeness (QED) is 0.764. The number of aromatic nitrogens is 5. The van der Waals surface area contributed by atoms with Gasteiger partial charge in [-0.15, -0.1) is 0 Å². The minimum atomic E-state index is -0.984. The predicted molar refractivity (Wildman–Crippen MR) is 69.1 cm³/mol. The summed E-state index contributed by atoms with van der Waals surface area (Å²) < 4.78 is 0. The van der Waals surface area contributed by atoms with E-state index >= 15 is 0 Å². The van der Waals surface area contributed by atoms with Gasteiger partial charge in [0, 0.05) is 12.1 Å². The van der Waals surface area contributed by atoms with Crippen molar-refractivity contribution in [2.45, 2.75) is 32.4 Å². The van der Waals surface area contributed by atoms with Crippen LogP contribution in [0.15, 0.2) is 6.20 Å². The zero-order chi connectivity index (χ0) is 14.1. The molecule has 3 rings (SSSR count). The number of H-pyrrole nitrogens is 2. The van der Waals surface area contributed by atoms with Crippen molar-refractivity contribution in [3.8, 4) is 0 Å². The maximum absolute atomic E-state index is 11.1. The average Bonchev–Trinajstić information content (AvgIpc) is 3.09. The molecule has 3 N–H and O–H groups in total. The van der Waals surface area contributed by atoms with Gasteiger partial charge < -0.3 is 5.11 Å². The summed E-state index contributed by atoms with van der Waals surface area (Å²) in [4.78, 5) is 17.7. The normalized spacial score (nSPS) is 19.6. The van der Waals surface area contributed by atoms with Crippen LogP contribution >= 0.6 is 0 Å². The van der Waals surface area contributed by atoms with Crippen LogP contribution in [-0.4, -0.2) is 47.9 Å². The highest BCUT2D eigenvalue weighted by Gasteiger charge is 2.30. The van der Waals surface area contributed by atoms with Gasteiger partial charge >= 0.3 is 5.97 Å². The second kappa shape index (κ2) is 5.04. The first-order valence-corrected chi connectivity index (χ1v) is 6.53. The topological polar surface area (TPSA) is 111 Å². The number of rotatable bonds is 4. The molecule has 0 aromatic carbocycles. The second-order valence-electron chi connectivity index (χ2n) is 4.98. The summed E-state index contributed by atoms with van der Waals surface area (Å²) in [6, 6.07) is 0.136. The Bertz CT molecular complexity index is 619. The third-order valence-corrected chi connectivity index (χ3v) is 3.58. The Morgan fingerprint density at radius 3 is 3.10 bits per heavy atom. The van der Waals surface area contributed by atoms with Crippen molar-refractivity contribution < 1.29 is 9.90 Å². The van der Waals surface area contributed by atoms with E-state index in [2.05, 4.69) is 30.3 Å². The molecular formula is C12H16N6O2. The molecule has 106 valence electrons. The number of hydrogen-bond acceptors (Lipinski definition) is 5. The van der Waals surface area contributed by atoms with Crippen LogP contribution in [0.2, 0.25) is 0 Å². The molecule has 0 unspecified atom stereocenters. The van der Waals surface area contributed by atoms with Gasteiger partial charge in [0.2, 0.25) is 0 Å². The van der Waals surface area contributed by atoms with E-state index in [1.165, 1.54) is 0 Å². The first kappa shape index (κ1) is 12.8. The van der Waals surface area contributed by atoms with E-state index in [0.717, 1.165) is 31.0 Å². The Labute approximate surface area is 115 Å². The SMILES string of the molecule is Cc1nc([C@@H]2CCCN2Cc2cn[nH]c2C(=O)O)n[nH]1. The van der Waals surface area contributed by atoms with Crippen LogP contribution < -0.4 is 0 Å². The van der Waals surface area contributed by atoms with Gasteiger partial charge in [-0.1, -0.05) is 0 Å². The van der Waals surface area contributed by atoms with Crippen molar-refractivity contribution in [2.24, 2.45) is 0 Å². The third kappa shape index (κ3) is 2.29. The Balaban J connectivity index is 1.79. The molecule has 3 heterocycles. The number of hydrogen-bond donors (Lipinski definition) is 3. The molecular weight excluding hydrogens is 260 g/mol. The third-order valence-electron chi connectivity index (χ3n) is 3.58. The highest BCUT2D eigenvalue weighted by molar-refractivity contribution is 5.86. The predicted octanol–water partition coefficient (Wildman–Crippen LogP) is 0.872. The average molecular weight is 276 g/mol. The molecule has 8 heteroatoms. The van der Waals surface area contributed by atoms with E-state index in [-0.39, 0.29) is 11.7 Å². The van der Waals surface area contributed by atoms with Gasteiger partial charge in [-0.2, -0.15) is 10.2 Å². The summed E-state index contributed by atoms with van der Waals surface area (Å²) in [7, 11) is 0. The van der Waals surface area contributed by atoms with Crippen molar-refractivity contribution in [3.05, 3.63) is 29.1 Å². The van der Waals surface area contributed by atoms with Crippen LogP contribution in [0.25, 0.3) is 0 Å². The van der Waals surface area contributed by atoms with Crippen LogP contribution in [-0.2, 0) is 6.54 Å². The Kier molecular flexibility index (Phi) is 3.23. The van der Waals surface area contributed by atoms with E-state index in [9.17, 15) is 4.79 Å². The fourth-order valence-corrected chi connectivity index (χ4v) is 2.65. The number of aromatic amines is 2. The molecule has 0 radical (unpaired) electrons. The Hall–Kier alpha value is -2.22. The number of carboxylic acids is 1. The van der Waals surface area contributed by atoms with Gasteiger partial charge in [0.15, 0.2) is 5.82 Å². The number of nitrogens with one attached hydrogen (secondary N) is 2. The van der Waals surface area contributed by atoms with Crippen molar-refractivity contribution in [2.75, 3.05) is 6.54 Å². The van der Waals surface area contributed by atoms with Crippen molar-refractivity contribution in [1.29, 1.82) is 0 Å². The highest BCUT2D eigenvalue weighted by atomic mass is 16.4. The first-order valence-electron chi connectivity index (χ1n) is 6.53. The number of carbonyl (C=O) groups is 1. The van der Waals surface area contributed by atoms with Crippen molar-refractivity contribution in [1.82, 2.24) is 30.3 Å². The lowest BCUT2D eigenvalue weighted by atomic mass is 10.2. The standard InChI is InChI=1S/C12H16N6O2/c1-7-14-11(17-15-7)9-3-2-4-18(9)6-8-5-13-16-10(8)12(19)20/h5,9H,2-4,6H2,1H3,(H,13,16)(H,19,20)(H,14,15,17)/t9-/m0/s1. The number of likely N-dealkylation sites (tertiary alicyclic amines) is 1. The zero-order valence-electron chi connectivity index (χ0n) is 11.1. The van der Waals surface area contributed by atoms with Crippen LogP contribution in [0.3, 0.4) is 0 Å². The minimum absolute atomic E-state index is 0.136. The molecule has 1 fully saturated rings. The van der Waals surface area contributed by atoms with Crippen LogP contribution in [0, 0.1) is 6.92 Å². The van der Waals surface area contributed by atoms with Gasteiger partial charge in [0.25, 0.3) is 0 Å². The lowest BCUT2D eigenvalue weighted by molar-refractivity contribution is 0.0687. The largest absolute Gasteiger partial charge is 0.477 e. The number of carboxylic acid groups (broad SMARTS) is 1. The zero-order valence-corrected chi connectivity index (χ0v) is 11.1. The van der Waals surface area contributed by atoms with E-state index in [1.54, 1.807) is 6.20 Å².